The molecule has 0 aliphatic heterocycles. The summed E-state index contributed by atoms with van der Waals surface area (Å²) in [6.07, 6.45) is -5.16. The van der Waals surface area contributed by atoms with Crippen molar-refractivity contribution >= 4 is 5.97 Å². The second-order valence-corrected chi connectivity index (χ2v) is 3.65. The third kappa shape index (κ3) is 3.44. The molecule has 0 unspecified atom stereocenters. The van der Waals surface area contributed by atoms with Gasteiger partial charge in [-0.05, 0) is 32.0 Å². The Morgan fingerprint density at radius 1 is 1.29 bits per heavy atom. The lowest BCUT2D eigenvalue weighted by Crippen LogP contribution is -2.15. The summed E-state index contributed by atoms with van der Waals surface area (Å²) in [5.41, 5.74) is -1.80. The minimum absolute atomic E-state index is 0.444. The van der Waals surface area contributed by atoms with Crippen molar-refractivity contribution in [1.29, 1.82) is 0 Å². The molecule has 1 rings (SSSR count). The summed E-state index contributed by atoms with van der Waals surface area (Å²) in [6.45, 7) is 3.03. The number of alkyl halides is 3. The van der Waals surface area contributed by atoms with Gasteiger partial charge in [0.1, 0.15) is 5.82 Å². The molecule has 1 aromatic carbocycles. The smallest absolute Gasteiger partial charge is 0.416 e. The molecule has 1 aromatic rings. The lowest BCUT2D eigenvalue weighted by Gasteiger charge is -2.11. The molecule has 0 radical (unpaired) electrons. The Kier molecular flexibility index (Phi) is 3.75. The summed E-state index contributed by atoms with van der Waals surface area (Å²) in [6, 6.07) is 1.61. The van der Waals surface area contributed by atoms with Crippen LogP contribution >= 0.6 is 0 Å². The van der Waals surface area contributed by atoms with Crippen molar-refractivity contribution in [2.75, 3.05) is 0 Å². The molecular formula is C11H10F4O2. The molecule has 0 saturated carbocycles. The van der Waals surface area contributed by atoms with Gasteiger partial charge in [0, 0.05) is 0 Å². The maximum absolute atomic E-state index is 13.2. The summed E-state index contributed by atoms with van der Waals surface area (Å²) in [7, 11) is 0. The van der Waals surface area contributed by atoms with Crippen molar-refractivity contribution in [3.8, 4) is 0 Å². The predicted octanol–water partition coefficient (Wildman–Crippen LogP) is 3.41. The van der Waals surface area contributed by atoms with E-state index in [2.05, 4.69) is 4.74 Å². The van der Waals surface area contributed by atoms with Crippen LogP contribution in [0.1, 0.15) is 29.8 Å². The summed E-state index contributed by atoms with van der Waals surface area (Å²) >= 11 is 0. The third-order valence-electron chi connectivity index (χ3n) is 1.86. The van der Waals surface area contributed by atoms with E-state index in [0.29, 0.717) is 18.2 Å². The Labute approximate surface area is 95.2 Å². The van der Waals surface area contributed by atoms with Crippen LogP contribution in [0.3, 0.4) is 0 Å². The molecule has 0 N–H and O–H groups in total. The number of halogens is 4. The fraction of sp³-hybridized carbons (Fsp3) is 0.364. The minimum atomic E-state index is -4.62. The number of hydrogen-bond acceptors (Lipinski definition) is 2. The Bertz CT molecular complexity index is 424. The highest BCUT2D eigenvalue weighted by atomic mass is 19.4. The highest BCUT2D eigenvalue weighted by Crippen LogP contribution is 2.30. The molecule has 2 nitrogen and oxygen atoms in total. The monoisotopic (exact) mass is 250 g/mol. The quantitative estimate of drug-likeness (QED) is 0.594. The van der Waals surface area contributed by atoms with Crippen molar-refractivity contribution in [3.63, 3.8) is 0 Å². The SMILES string of the molecule is CC(C)OC(=O)c1cc(C(F)(F)F)ccc1F. The molecule has 17 heavy (non-hydrogen) atoms. The number of ether oxygens (including phenoxy) is 1. The van der Waals surface area contributed by atoms with E-state index < -0.39 is 35.2 Å². The standard InChI is InChI=1S/C11H10F4O2/c1-6(2)17-10(16)8-5-7(11(13,14)15)3-4-9(8)12/h3-6H,1-2H3. The highest BCUT2D eigenvalue weighted by molar-refractivity contribution is 5.90. The van der Waals surface area contributed by atoms with Gasteiger partial charge in [0.25, 0.3) is 0 Å². The van der Waals surface area contributed by atoms with Gasteiger partial charge in [-0.2, -0.15) is 13.2 Å². The molecule has 0 saturated heterocycles. The second kappa shape index (κ2) is 4.73. The van der Waals surface area contributed by atoms with Crippen LogP contribution in [0.15, 0.2) is 18.2 Å². The summed E-state index contributed by atoms with van der Waals surface area (Å²) in [4.78, 5) is 11.3. The number of hydrogen-bond donors (Lipinski definition) is 0. The summed E-state index contributed by atoms with van der Waals surface area (Å²) in [5, 5.41) is 0. The van der Waals surface area contributed by atoms with E-state index in [1.54, 1.807) is 0 Å². The highest BCUT2D eigenvalue weighted by Gasteiger charge is 2.32. The Morgan fingerprint density at radius 2 is 1.88 bits per heavy atom. The van der Waals surface area contributed by atoms with Crippen LogP contribution in [0.5, 0.6) is 0 Å². The van der Waals surface area contributed by atoms with E-state index in [1.165, 1.54) is 13.8 Å². The zero-order valence-corrected chi connectivity index (χ0v) is 9.14. The lowest BCUT2D eigenvalue weighted by molar-refractivity contribution is -0.137. The van der Waals surface area contributed by atoms with Gasteiger partial charge >= 0.3 is 12.1 Å². The van der Waals surface area contributed by atoms with Crippen LogP contribution in [0.25, 0.3) is 0 Å². The van der Waals surface area contributed by atoms with Gasteiger partial charge in [0.05, 0.1) is 17.2 Å². The van der Waals surface area contributed by atoms with Gasteiger partial charge in [0.15, 0.2) is 0 Å². The fourth-order valence-corrected chi connectivity index (χ4v) is 1.14. The molecular weight excluding hydrogens is 240 g/mol. The van der Waals surface area contributed by atoms with Gasteiger partial charge in [-0.1, -0.05) is 0 Å². The van der Waals surface area contributed by atoms with Crippen molar-refractivity contribution < 1.29 is 27.1 Å². The van der Waals surface area contributed by atoms with Gasteiger partial charge < -0.3 is 4.74 Å². The van der Waals surface area contributed by atoms with Crippen LogP contribution in [0, 0.1) is 5.82 Å². The topological polar surface area (TPSA) is 26.3 Å². The Hall–Kier alpha value is -1.59. The van der Waals surface area contributed by atoms with Gasteiger partial charge in [0.2, 0.25) is 0 Å². The molecule has 0 atom stereocenters. The number of esters is 1. The second-order valence-electron chi connectivity index (χ2n) is 3.65. The van der Waals surface area contributed by atoms with Gasteiger partial charge in [-0.15, -0.1) is 0 Å². The maximum atomic E-state index is 13.2. The number of rotatable bonds is 2. The zero-order chi connectivity index (χ0) is 13.2. The van der Waals surface area contributed by atoms with E-state index in [4.69, 9.17) is 0 Å². The number of carbonyl (C=O) groups is 1. The van der Waals surface area contributed by atoms with E-state index in [9.17, 15) is 22.4 Å². The van der Waals surface area contributed by atoms with E-state index in [-0.39, 0.29) is 0 Å². The predicted molar refractivity (Wildman–Crippen MR) is 52.0 cm³/mol. The van der Waals surface area contributed by atoms with E-state index >= 15 is 0 Å². The molecule has 6 heteroatoms. The number of carbonyl (C=O) groups excluding carboxylic acids is 1. The van der Waals surface area contributed by atoms with Gasteiger partial charge in [-0.25, -0.2) is 9.18 Å². The molecule has 0 aliphatic carbocycles. The Morgan fingerprint density at radius 3 is 2.35 bits per heavy atom. The first-order valence-corrected chi connectivity index (χ1v) is 4.79. The average molecular weight is 250 g/mol. The molecule has 0 heterocycles. The first kappa shape index (κ1) is 13.5. The zero-order valence-electron chi connectivity index (χ0n) is 9.14. The first-order chi connectivity index (χ1) is 7.71. The first-order valence-electron chi connectivity index (χ1n) is 4.79. The minimum Gasteiger partial charge on any atom is -0.459 e. The van der Waals surface area contributed by atoms with Crippen LogP contribution in [-0.2, 0) is 10.9 Å². The molecule has 0 spiro atoms. The average Bonchev–Trinajstić information content (AvgIpc) is 2.15. The summed E-state index contributed by atoms with van der Waals surface area (Å²) in [5.74, 6) is -2.15. The molecule has 94 valence electrons. The van der Waals surface area contributed by atoms with Crippen LogP contribution in [-0.4, -0.2) is 12.1 Å². The number of benzene rings is 1. The Balaban J connectivity index is 3.11. The van der Waals surface area contributed by atoms with Crippen molar-refractivity contribution in [2.24, 2.45) is 0 Å². The van der Waals surface area contributed by atoms with Crippen LogP contribution in [0.2, 0.25) is 0 Å². The van der Waals surface area contributed by atoms with Crippen molar-refractivity contribution in [2.45, 2.75) is 26.1 Å². The van der Waals surface area contributed by atoms with Crippen LogP contribution in [0.4, 0.5) is 17.6 Å². The molecule has 0 aliphatic rings. The maximum Gasteiger partial charge on any atom is 0.416 e. The van der Waals surface area contributed by atoms with Gasteiger partial charge in [-0.3, -0.25) is 0 Å². The molecule has 0 aromatic heterocycles. The van der Waals surface area contributed by atoms with E-state index in [1.807, 2.05) is 0 Å². The van der Waals surface area contributed by atoms with E-state index in [0.717, 1.165) is 0 Å². The molecule has 0 bridgehead atoms. The molecule has 0 fully saturated rings. The van der Waals surface area contributed by atoms with Crippen molar-refractivity contribution in [1.82, 2.24) is 0 Å². The lowest BCUT2D eigenvalue weighted by atomic mass is 10.1. The molecule has 0 amide bonds. The fourth-order valence-electron chi connectivity index (χ4n) is 1.14. The van der Waals surface area contributed by atoms with Crippen LogP contribution < -0.4 is 0 Å². The van der Waals surface area contributed by atoms with Crippen molar-refractivity contribution in [3.05, 3.63) is 35.1 Å². The normalized spacial score (nSPS) is 11.7. The largest absolute Gasteiger partial charge is 0.459 e. The third-order valence-corrected chi connectivity index (χ3v) is 1.86. The summed E-state index contributed by atoms with van der Waals surface area (Å²) < 4.78 is 54.9.